The minimum Gasteiger partial charge on any atom is -0.490 e. The molecule has 2 rings (SSSR count). The van der Waals surface area contributed by atoms with E-state index in [2.05, 4.69) is 0 Å². The zero-order valence-corrected chi connectivity index (χ0v) is 11.7. The number of nitro groups is 1. The maximum absolute atomic E-state index is 12.4. The van der Waals surface area contributed by atoms with Crippen LogP contribution >= 0.6 is 0 Å². The van der Waals surface area contributed by atoms with Crippen LogP contribution < -0.4 is 4.74 Å². The molecule has 1 aromatic rings. The molecular weight excluding hydrogens is 296 g/mol. The van der Waals surface area contributed by atoms with E-state index < -0.39 is 22.9 Å². The van der Waals surface area contributed by atoms with E-state index in [4.69, 9.17) is 14.6 Å². The van der Waals surface area contributed by atoms with Gasteiger partial charge in [0, 0.05) is 24.2 Å². The number of morpholine rings is 1. The number of methoxy groups -OCH3 is 1. The van der Waals surface area contributed by atoms with Crippen LogP contribution in [0.4, 0.5) is 5.69 Å². The van der Waals surface area contributed by atoms with Crippen molar-refractivity contribution < 1.29 is 29.1 Å². The third-order valence-electron chi connectivity index (χ3n) is 3.25. The number of amides is 1. The van der Waals surface area contributed by atoms with Crippen LogP contribution in [0.1, 0.15) is 10.4 Å². The summed E-state index contributed by atoms with van der Waals surface area (Å²) in [5.41, 5.74) is -0.0575. The van der Waals surface area contributed by atoms with E-state index in [1.54, 1.807) is 0 Å². The quantitative estimate of drug-likeness (QED) is 0.636. The number of nitro benzene ring substituents is 1. The Morgan fingerprint density at radius 3 is 2.82 bits per heavy atom. The predicted molar refractivity (Wildman–Crippen MR) is 72.9 cm³/mol. The molecule has 1 aromatic carbocycles. The summed E-state index contributed by atoms with van der Waals surface area (Å²) in [5, 5.41) is 19.8. The van der Waals surface area contributed by atoms with E-state index in [1.165, 1.54) is 30.2 Å². The minimum atomic E-state index is -1.14. The predicted octanol–water partition coefficient (Wildman–Crippen LogP) is 0.529. The summed E-state index contributed by atoms with van der Waals surface area (Å²) in [6, 6.07) is 3.76. The molecule has 1 amide bonds. The average molecular weight is 310 g/mol. The van der Waals surface area contributed by atoms with Gasteiger partial charge in [0.1, 0.15) is 0 Å². The summed E-state index contributed by atoms with van der Waals surface area (Å²) < 4.78 is 9.96. The van der Waals surface area contributed by atoms with Gasteiger partial charge in [0.2, 0.25) is 0 Å². The molecule has 1 aliphatic heterocycles. The molecule has 0 aliphatic carbocycles. The number of carbonyl (C=O) groups is 2. The number of carboxylic acids is 1. The average Bonchev–Trinajstić information content (AvgIpc) is 2.53. The van der Waals surface area contributed by atoms with Crippen LogP contribution in [-0.2, 0) is 9.53 Å². The summed E-state index contributed by atoms with van der Waals surface area (Å²) in [5.74, 6) is -1.60. The number of hydrogen-bond acceptors (Lipinski definition) is 6. The molecule has 1 N–H and O–H groups in total. The maximum Gasteiger partial charge on any atom is 0.334 e. The molecule has 0 bridgehead atoms. The molecular formula is C13H14N2O7. The van der Waals surface area contributed by atoms with E-state index in [0.29, 0.717) is 0 Å². The van der Waals surface area contributed by atoms with Gasteiger partial charge in [-0.25, -0.2) is 4.79 Å². The van der Waals surface area contributed by atoms with Crippen molar-refractivity contribution in [1.82, 2.24) is 4.90 Å². The maximum atomic E-state index is 12.4. The third kappa shape index (κ3) is 3.14. The van der Waals surface area contributed by atoms with E-state index in [1.807, 2.05) is 0 Å². The molecule has 0 spiro atoms. The smallest absolute Gasteiger partial charge is 0.334 e. The van der Waals surface area contributed by atoms with Crippen LogP contribution in [0, 0.1) is 10.1 Å². The van der Waals surface area contributed by atoms with Crippen molar-refractivity contribution in [3.8, 4) is 5.75 Å². The number of carboxylic acid groups (broad SMARTS) is 1. The minimum absolute atomic E-state index is 0.0288. The Labute approximate surface area is 125 Å². The molecule has 0 aromatic heterocycles. The molecule has 22 heavy (non-hydrogen) atoms. The first-order chi connectivity index (χ1) is 10.4. The first-order valence-corrected chi connectivity index (χ1v) is 6.40. The fraction of sp³-hybridized carbons (Fsp3) is 0.385. The summed E-state index contributed by atoms with van der Waals surface area (Å²) in [7, 11) is 1.27. The van der Waals surface area contributed by atoms with Crippen molar-refractivity contribution in [3.63, 3.8) is 0 Å². The molecule has 0 radical (unpaired) electrons. The lowest BCUT2D eigenvalue weighted by molar-refractivity contribution is -0.385. The number of aliphatic carboxylic acids is 1. The number of nitrogens with zero attached hydrogens (tertiary/aromatic N) is 2. The van der Waals surface area contributed by atoms with Gasteiger partial charge < -0.3 is 19.5 Å². The second-order valence-electron chi connectivity index (χ2n) is 4.59. The lowest BCUT2D eigenvalue weighted by Gasteiger charge is -2.30. The van der Waals surface area contributed by atoms with Crippen molar-refractivity contribution in [2.75, 3.05) is 26.8 Å². The SMILES string of the molecule is COc1cc(C(=O)N2CCOC(C(=O)O)C2)ccc1[N+](=O)[O-]. The molecule has 1 aliphatic rings. The zero-order chi connectivity index (χ0) is 16.3. The lowest BCUT2D eigenvalue weighted by Crippen LogP contribution is -2.48. The molecule has 118 valence electrons. The Balaban J connectivity index is 2.22. The van der Waals surface area contributed by atoms with Crippen molar-refractivity contribution >= 4 is 17.6 Å². The normalized spacial score (nSPS) is 17.9. The van der Waals surface area contributed by atoms with Crippen LogP contribution in [-0.4, -0.2) is 59.7 Å². The molecule has 1 atom stereocenters. The first-order valence-electron chi connectivity index (χ1n) is 6.40. The summed E-state index contributed by atoms with van der Waals surface area (Å²) in [6.45, 7) is 0.294. The van der Waals surface area contributed by atoms with Gasteiger partial charge in [0.15, 0.2) is 11.9 Å². The lowest BCUT2D eigenvalue weighted by atomic mass is 10.1. The van der Waals surface area contributed by atoms with Crippen LogP contribution in [0.15, 0.2) is 18.2 Å². The first kappa shape index (κ1) is 15.7. The number of ether oxygens (including phenoxy) is 2. The van der Waals surface area contributed by atoms with E-state index in [0.717, 1.165) is 0 Å². The van der Waals surface area contributed by atoms with Gasteiger partial charge in [0.25, 0.3) is 5.91 Å². The van der Waals surface area contributed by atoms with E-state index in [-0.39, 0.29) is 36.7 Å². The van der Waals surface area contributed by atoms with Crippen molar-refractivity contribution in [3.05, 3.63) is 33.9 Å². The van der Waals surface area contributed by atoms with Crippen LogP contribution in [0.3, 0.4) is 0 Å². The van der Waals surface area contributed by atoms with Crippen LogP contribution in [0.25, 0.3) is 0 Å². The van der Waals surface area contributed by atoms with Gasteiger partial charge in [-0.1, -0.05) is 0 Å². The van der Waals surface area contributed by atoms with Crippen LogP contribution in [0.2, 0.25) is 0 Å². The van der Waals surface area contributed by atoms with E-state index in [9.17, 15) is 19.7 Å². The Morgan fingerprint density at radius 2 is 2.23 bits per heavy atom. The fourth-order valence-corrected chi connectivity index (χ4v) is 2.13. The zero-order valence-electron chi connectivity index (χ0n) is 11.7. The summed E-state index contributed by atoms with van der Waals surface area (Å²) in [4.78, 5) is 34.8. The Kier molecular flexibility index (Phi) is 4.56. The molecule has 1 saturated heterocycles. The number of benzene rings is 1. The molecule has 9 nitrogen and oxygen atoms in total. The van der Waals surface area contributed by atoms with Gasteiger partial charge in [-0.2, -0.15) is 0 Å². The Morgan fingerprint density at radius 1 is 1.50 bits per heavy atom. The Bertz CT molecular complexity index is 616. The van der Waals surface area contributed by atoms with E-state index >= 15 is 0 Å². The highest BCUT2D eigenvalue weighted by atomic mass is 16.6. The largest absolute Gasteiger partial charge is 0.490 e. The highest BCUT2D eigenvalue weighted by Gasteiger charge is 2.30. The van der Waals surface area contributed by atoms with Crippen molar-refractivity contribution in [2.45, 2.75) is 6.10 Å². The van der Waals surface area contributed by atoms with Gasteiger partial charge >= 0.3 is 11.7 Å². The van der Waals surface area contributed by atoms with Gasteiger partial charge in [0.05, 0.1) is 25.2 Å². The number of carbonyl (C=O) groups excluding carboxylic acids is 1. The second kappa shape index (κ2) is 6.39. The summed E-state index contributed by atoms with van der Waals surface area (Å²) in [6.07, 6.45) is -1.07. The Hall–Kier alpha value is -2.68. The second-order valence-corrected chi connectivity index (χ2v) is 4.59. The topological polar surface area (TPSA) is 119 Å². The number of rotatable bonds is 4. The monoisotopic (exact) mass is 310 g/mol. The highest BCUT2D eigenvalue weighted by Crippen LogP contribution is 2.28. The summed E-state index contributed by atoms with van der Waals surface area (Å²) >= 11 is 0. The van der Waals surface area contributed by atoms with Crippen molar-refractivity contribution in [1.29, 1.82) is 0 Å². The third-order valence-corrected chi connectivity index (χ3v) is 3.25. The molecule has 1 heterocycles. The standard InChI is InChI=1S/C13H14N2O7/c1-21-10-6-8(2-3-9(10)15(19)20)12(16)14-4-5-22-11(7-14)13(17)18/h2-3,6,11H,4-5,7H2,1H3,(H,17,18). The molecule has 0 saturated carbocycles. The van der Waals surface area contributed by atoms with Gasteiger partial charge in [-0.15, -0.1) is 0 Å². The van der Waals surface area contributed by atoms with Crippen molar-refractivity contribution in [2.24, 2.45) is 0 Å². The van der Waals surface area contributed by atoms with Gasteiger partial charge in [-0.05, 0) is 6.07 Å². The number of hydrogen-bond donors (Lipinski definition) is 1. The molecule has 1 unspecified atom stereocenters. The highest BCUT2D eigenvalue weighted by molar-refractivity contribution is 5.95. The van der Waals surface area contributed by atoms with Crippen LogP contribution in [0.5, 0.6) is 5.75 Å². The van der Waals surface area contributed by atoms with Gasteiger partial charge in [-0.3, -0.25) is 14.9 Å². The molecule has 1 fully saturated rings. The molecule has 9 heteroatoms. The fourth-order valence-electron chi connectivity index (χ4n) is 2.13.